The number of nitrogens with two attached hydrogens (primary N) is 1. The van der Waals surface area contributed by atoms with Crippen LogP contribution in [0.5, 0.6) is 0 Å². The molecule has 0 saturated carbocycles. The minimum atomic E-state index is -0.717. The molecule has 0 bridgehead atoms. The highest BCUT2D eigenvalue weighted by molar-refractivity contribution is 6.08. The topological polar surface area (TPSA) is 105 Å². The van der Waals surface area contributed by atoms with E-state index in [0.29, 0.717) is 5.69 Å². The standard InChI is InChI=1S/C12H14N4O3/c1-6-3-9(13)8(4-14-6)12(19)16-5-10(17)15-11(18)7(16)2/h3-4,7H,5H2,1-2H3,(H2,13,14)(H,15,17,18). The zero-order chi connectivity index (χ0) is 14.2. The number of pyridine rings is 1. The van der Waals surface area contributed by atoms with Crippen molar-refractivity contribution in [1.82, 2.24) is 15.2 Å². The zero-order valence-electron chi connectivity index (χ0n) is 10.6. The van der Waals surface area contributed by atoms with Gasteiger partial charge in [-0.15, -0.1) is 0 Å². The van der Waals surface area contributed by atoms with Crippen LogP contribution in [0.2, 0.25) is 0 Å². The Morgan fingerprint density at radius 1 is 1.53 bits per heavy atom. The first-order chi connectivity index (χ1) is 8.90. The maximum absolute atomic E-state index is 12.3. The maximum Gasteiger partial charge on any atom is 0.258 e. The predicted molar refractivity (Wildman–Crippen MR) is 67.0 cm³/mol. The lowest BCUT2D eigenvalue weighted by molar-refractivity contribution is -0.138. The summed E-state index contributed by atoms with van der Waals surface area (Å²) in [4.78, 5) is 40.3. The van der Waals surface area contributed by atoms with Crippen LogP contribution in [0, 0.1) is 6.92 Å². The fraction of sp³-hybridized carbons (Fsp3) is 0.333. The van der Waals surface area contributed by atoms with Crippen molar-refractivity contribution in [3.8, 4) is 0 Å². The van der Waals surface area contributed by atoms with Crippen LogP contribution in [-0.2, 0) is 9.59 Å². The molecule has 100 valence electrons. The van der Waals surface area contributed by atoms with Gasteiger partial charge in [0.05, 0.1) is 5.56 Å². The number of aromatic nitrogens is 1. The summed E-state index contributed by atoms with van der Waals surface area (Å²) in [6, 6.07) is 0.856. The Balaban J connectivity index is 2.32. The third-order valence-corrected chi connectivity index (χ3v) is 2.99. The van der Waals surface area contributed by atoms with Crippen molar-refractivity contribution in [1.29, 1.82) is 0 Å². The minimum Gasteiger partial charge on any atom is -0.398 e. The summed E-state index contributed by atoms with van der Waals surface area (Å²) in [5.74, 6) is -1.47. The monoisotopic (exact) mass is 262 g/mol. The van der Waals surface area contributed by atoms with Gasteiger partial charge >= 0.3 is 0 Å². The first kappa shape index (κ1) is 13.0. The average molecular weight is 262 g/mol. The molecule has 2 heterocycles. The highest BCUT2D eigenvalue weighted by Gasteiger charge is 2.34. The second-order valence-electron chi connectivity index (χ2n) is 4.43. The van der Waals surface area contributed by atoms with Gasteiger partial charge in [-0.25, -0.2) is 0 Å². The van der Waals surface area contributed by atoms with E-state index in [1.807, 2.05) is 0 Å². The molecule has 2 rings (SSSR count). The molecule has 1 aliphatic rings. The van der Waals surface area contributed by atoms with Crippen LogP contribution in [0.4, 0.5) is 5.69 Å². The van der Waals surface area contributed by atoms with Crippen molar-refractivity contribution < 1.29 is 14.4 Å². The third-order valence-electron chi connectivity index (χ3n) is 2.99. The summed E-state index contributed by atoms with van der Waals surface area (Å²) in [5, 5.41) is 2.17. The fourth-order valence-corrected chi connectivity index (χ4v) is 1.88. The highest BCUT2D eigenvalue weighted by atomic mass is 16.2. The van der Waals surface area contributed by atoms with Gasteiger partial charge in [0.15, 0.2) is 0 Å². The number of hydrogen-bond donors (Lipinski definition) is 2. The van der Waals surface area contributed by atoms with Gasteiger partial charge in [-0.05, 0) is 19.9 Å². The van der Waals surface area contributed by atoms with Gasteiger partial charge in [0, 0.05) is 17.6 Å². The minimum absolute atomic E-state index is 0.168. The van der Waals surface area contributed by atoms with E-state index in [4.69, 9.17) is 5.73 Å². The molecule has 7 heteroatoms. The van der Waals surface area contributed by atoms with Crippen LogP contribution in [0.25, 0.3) is 0 Å². The second-order valence-corrected chi connectivity index (χ2v) is 4.43. The summed E-state index contributed by atoms with van der Waals surface area (Å²) < 4.78 is 0. The maximum atomic E-state index is 12.3. The molecule has 0 aliphatic carbocycles. The molecule has 0 spiro atoms. The third kappa shape index (κ3) is 2.40. The Bertz CT molecular complexity index is 570. The molecule has 0 radical (unpaired) electrons. The summed E-state index contributed by atoms with van der Waals surface area (Å²) in [7, 11) is 0. The smallest absolute Gasteiger partial charge is 0.258 e. The van der Waals surface area contributed by atoms with E-state index in [9.17, 15) is 14.4 Å². The van der Waals surface area contributed by atoms with E-state index in [0.717, 1.165) is 0 Å². The number of anilines is 1. The number of carbonyl (C=O) groups excluding carboxylic acids is 3. The van der Waals surface area contributed by atoms with Gasteiger partial charge in [0.1, 0.15) is 12.6 Å². The number of nitrogens with zero attached hydrogens (tertiary/aromatic N) is 2. The van der Waals surface area contributed by atoms with E-state index in [-0.39, 0.29) is 17.8 Å². The van der Waals surface area contributed by atoms with Crippen molar-refractivity contribution >= 4 is 23.4 Å². The molecule has 1 aromatic rings. The van der Waals surface area contributed by atoms with Crippen LogP contribution in [0.1, 0.15) is 23.0 Å². The molecule has 1 atom stereocenters. The molecule has 1 unspecified atom stereocenters. The largest absolute Gasteiger partial charge is 0.398 e. The van der Waals surface area contributed by atoms with Gasteiger partial charge < -0.3 is 10.6 Å². The van der Waals surface area contributed by atoms with Crippen molar-refractivity contribution in [3.63, 3.8) is 0 Å². The van der Waals surface area contributed by atoms with E-state index >= 15 is 0 Å². The number of amides is 3. The Hall–Kier alpha value is -2.44. The number of imide groups is 1. The van der Waals surface area contributed by atoms with E-state index in [2.05, 4.69) is 10.3 Å². The summed E-state index contributed by atoms with van der Waals surface area (Å²) in [6.07, 6.45) is 1.36. The fourth-order valence-electron chi connectivity index (χ4n) is 1.88. The van der Waals surface area contributed by atoms with Crippen LogP contribution in [-0.4, -0.2) is 40.2 Å². The van der Waals surface area contributed by atoms with Crippen LogP contribution < -0.4 is 11.1 Å². The van der Waals surface area contributed by atoms with Crippen molar-refractivity contribution in [2.75, 3.05) is 12.3 Å². The molecule has 1 saturated heterocycles. The highest BCUT2D eigenvalue weighted by Crippen LogP contribution is 2.17. The predicted octanol–water partition coefficient (Wildman–Crippen LogP) is -0.541. The number of nitrogen functional groups attached to an aromatic ring is 1. The van der Waals surface area contributed by atoms with Gasteiger partial charge in [0.25, 0.3) is 5.91 Å². The number of carbonyl (C=O) groups is 3. The molecule has 3 N–H and O–H groups in total. The molecule has 0 aromatic carbocycles. The van der Waals surface area contributed by atoms with E-state index < -0.39 is 23.8 Å². The molecule has 19 heavy (non-hydrogen) atoms. The van der Waals surface area contributed by atoms with Gasteiger partial charge in [-0.2, -0.15) is 0 Å². The Labute approximate surface area is 109 Å². The molecule has 1 aliphatic heterocycles. The van der Waals surface area contributed by atoms with Gasteiger partial charge in [0.2, 0.25) is 11.8 Å². The molecule has 1 fully saturated rings. The summed E-state index contributed by atoms with van der Waals surface area (Å²) >= 11 is 0. The SMILES string of the molecule is Cc1cc(N)c(C(=O)N2CC(=O)NC(=O)C2C)cn1. The molecular formula is C12H14N4O3. The number of aryl methyl sites for hydroxylation is 1. The Morgan fingerprint density at radius 2 is 2.21 bits per heavy atom. The van der Waals surface area contributed by atoms with Gasteiger partial charge in [-0.3, -0.25) is 24.7 Å². The summed E-state index contributed by atoms with van der Waals surface area (Å²) in [5.41, 5.74) is 6.94. The molecule has 1 aromatic heterocycles. The van der Waals surface area contributed by atoms with E-state index in [1.54, 1.807) is 19.9 Å². The molecular weight excluding hydrogens is 248 g/mol. The first-order valence-corrected chi connectivity index (χ1v) is 5.77. The van der Waals surface area contributed by atoms with Crippen molar-refractivity contribution in [2.24, 2.45) is 0 Å². The molecule has 7 nitrogen and oxygen atoms in total. The van der Waals surface area contributed by atoms with Crippen LogP contribution >= 0.6 is 0 Å². The lowest BCUT2D eigenvalue weighted by Crippen LogP contribution is -2.58. The number of hydrogen-bond acceptors (Lipinski definition) is 5. The number of piperazine rings is 1. The van der Waals surface area contributed by atoms with Crippen LogP contribution in [0.3, 0.4) is 0 Å². The second kappa shape index (κ2) is 4.68. The first-order valence-electron chi connectivity index (χ1n) is 5.77. The lowest BCUT2D eigenvalue weighted by Gasteiger charge is -2.31. The average Bonchev–Trinajstić information content (AvgIpc) is 2.33. The quantitative estimate of drug-likeness (QED) is 0.661. The Kier molecular flexibility index (Phi) is 3.20. The molecule has 3 amide bonds. The number of rotatable bonds is 1. The van der Waals surface area contributed by atoms with Crippen LogP contribution in [0.15, 0.2) is 12.3 Å². The van der Waals surface area contributed by atoms with Gasteiger partial charge in [-0.1, -0.05) is 0 Å². The normalized spacial score (nSPS) is 19.3. The summed E-state index contributed by atoms with van der Waals surface area (Å²) in [6.45, 7) is 3.14. The lowest BCUT2D eigenvalue weighted by atomic mass is 10.1. The van der Waals surface area contributed by atoms with Crippen molar-refractivity contribution in [2.45, 2.75) is 19.9 Å². The van der Waals surface area contributed by atoms with Crippen molar-refractivity contribution in [3.05, 3.63) is 23.5 Å². The van der Waals surface area contributed by atoms with E-state index in [1.165, 1.54) is 11.1 Å². The zero-order valence-corrected chi connectivity index (χ0v) is 10.6. The number of nitrogens with one attached hydrogen (secondary N) is 1. The Morgan fingerprint density at radius 3 is 2.84 bits per heavy atom.